The van der Waals surface area contributed by atoms with Crippen molar-refractivity contribution in [1.82, 2.24) is 9.97 Å². The Hall–Kier alpha value is -3.70. The molecule has 0 aliphatic rings. The standard InChI is InChI=1S/C10H6N6O6/c17-14(18)7-1-8(15(19)20)10(9(2-7)16(21)22)13-6-3-11-5-12-4-6/h1-5,13H. The molecule has 1 aromatic carbocycles. The maximum Gasteiger partial charge on any atom is 0.306 e. The molecule has 0 unspecified atom stereocenters. The van der Waals surface area contributed by atoms with Crippen LogP contribution in [0.1, 0.15) is 0 Å². The van der Waals surface area contributed by atoms with E-state index < -0.39 is 37.5 Å². The molecule has 1 aromatic heterocycles. The summed E-state index contributed by atoms with van der Waals surface area (Å²) < 4.78 is 0. The fourth-order valence-corrected chi connectivity index (χ4v) is 1.63. The van der Waals surface area contributed by atoms with E-state index in [9.17, 15) is 30.3 Å². The molecule has 0 atom stereocenters. The first-order valence-electron chi connectivity index (χ1n) is 5.53. The van der Waals surface area contributed by atoms with Gasteiger partial charge in [0.25, 0.3) is 5.69 Å². The van der Waals surface area contributed by atoms with E-state index in [4.69, 9.17) is 0 Å². The molecule has 1 N–H and O–H groups in total. The van der Waals surface area contributed by atoms with Crippen LogP contribution < -0.4 is 5.32 Å². The molecule has 1 heterocycles. The van der Waals surface area contributed by atoms with Gasteiger partial charge in [-0.25, -0.2) is 9.97 Å². The van der Waals surface area contributed by atoms with Gasteiger partial charge in [-0.3, -0.25) is 30.3 Å². The normalized spacial score (nSPS) is 10.0. The van der Waals surface area contributed by atoms with Crippen molar-refractivity contribution in [3.05, 3.63) is 61.2 Å². The lowest BCUT2D eigenvalue weighted by Crippen LogP contribution is -2.03. The summed E-state index contributed by atoms with van der Waals surface area (Å²) in [5.41, 5.74) is -2.69. The molecule has 0 aliphatic carbocycles. The van der Waals surface area contributed by atoms with Crippen molar-refractivity contribution in [1.29, 1.82) is 0 Å². The van der Waals surface area contributed by atoms with E-state index in [0.29, 0.717) is 12.1 Å². The zero-order valence-corrected chi connectivity index (χ0v) is 10.6. The maximum atomic E-state index is 11.1. The van der Waals surface area contributed by atoms with Crippen LogP contribution >= 0.6 is 0 Å². The van der Waals surface area contributed by atoms with E-state index in [1.807, 2.05) is 0 Å². The molecule has 22 heavy (non-hydrogen) atoms. The molecule has 12 nitrogen and oxygen atoms in total. The number of nitrogens with one attached hydrogen (secondary N) is 1. The molecule has 0 saturated carbocycles. The Balaban J connectivity index is 2.66. The number of anilines is 2. The van der Waals surface area contributed by atoms with Crippen molar-refractivity contribution in [3.63, 3.8) is 0 Å². The molecule has 2 aromatic rings. The van der Waals surface area contributed by atoms with E-state index in [1.54, 1.807) is 0 Å². The number of non-ortho nitro benzene ring substituents is 1. The van der Waals surface area contributed by atoms with Crippen LogP contribution in [-0.2, 0) is 0 Å². The van der Waals surface area contributed by atoms with Crippen molar-refractivity contribution >= 4 is 28.4 Å². The Morgan fingerprint density at radius 2 is 1.36 bits per heavy atom. The van der Waals surface area contributed by atoms with Gasteiger partial charge < -0.3 is 5.32 Å². The van der Waals surface area contributed by atoms with E-state index in [2.05, 4.69) is 15.3 Å². The highest BCUT2D eigenvalue weighted by Crippen LogP contribution is 2.39. The van der Waals surface area contributed by atoms with Crippen LogP contribution in [0, 0.1) is 30.3 Å². The predicted molar refractivity (Wildman–Crippen MR) is 71.7 cm³/mol. The van der Waals surface area contributed by atoms with E-state index in [-0.39, 0.29) is 5.69 Å². The van der Waals surface area contributed by atoms with Gasteiger partial charge in [-0.15, -0.1) is 0 Å². The van der Waals surface area contributed by atoms with Gasteiger partial charge in [0.1, 0.15) is 6.33 Å². The summed E-state index contributed by atoms with van der Waals surface area (Å²) in [6.45, 7) is 0. The van der Waals surface area contributed by atoms with Crippen LogP contribution in [0.2, 0.25) is 0 Å². The third kappa shape index (κ3) is 2.90. The third-order valence-electron chi connectivity index (χ3n) is 2.52. The van der Waals surface area contributed by atoms with Gasteiger partial charge in [0, 0.05) is 0 Å². The van der Waals surface area contributed by atoms with Crippen molar-refractivity contribution in [2.45, 2.75) is 0 Å². The smallest absolute Gasteiger partial charge is 0.306 e. The fraction of sp³-hybridized carbons (Fsp3) is 0. The number of nitro benzene ring substituents is 3. The Labute approximate surface area is 120 Å². The highest BCUT2D eigenvalue weighted by molar-refractivity contribution is 5.80. The first kappa shape index (κ1) is 14.7. The number of rotatable bonds is 5. The summed E-state index contributed by atoms with van der Waals surface area (Å²) in [6.07, 6.45) is 3.67. The number of aromatic nitrogens is 2. The second kappa shape index (κ2) is 5.74. The summed E-state index contributed by atoms with van der Waals surface area (Å²) in [4.78, 5) is 37.3. The Bertz CT molecular complexity index is 729. The monoisotopic (exact) mass is 306 g/mol. The average Bonchev–Trinajstić information content (AvgIpc) is 2.47. The zero-order chi connectivity index (χ0) is 16.3. The van der Waals surface area contributed by atoms with Crippen molar-refractivity contribution < 1.29 is 14.8 Å². The van der Waals surface area contributed by atoms with E-state index in [1.165, 1.54) is 18.7 Å². The minimum Gasteiger partial charge on any atom is -0.342 e. The molecule has 2 rings (SSSR count). The first-order chi connectivity index (χ1) is 10.4. The van der Waals surface area contributed by atoms with Crippen molar-refractivity contribution in [2.24, 2.45) is 0 Å². The molecule has 0 fully saturated rings. The third-order valence-corrected chi connectivity index (χ3v) is 2.52. The lowest BCUT2D eigenvalue weighted by Gasteiger charge is -2.07. The quantitative estimate of drug-likeness (QED) is 0.640. The number of benzene rings is 1. The Morgan fingerprint density at radius 3 is 1.77 bits per heavy atom. The molecule has 12 heteroatoms. The summed E-state index contributed by atoms with van der Waals surface area (Å²) in [6, 6.07) is 1.28. The van der Waals surface area contributed by atoms with Gasteiger partial charge in [0.05, 0.1) is 45.0 Å². The highest BCUT2D eigenvalue weighted by atomic mass is 16.6. The van der Waals surface area contributed by atoms with Crippen LogP contribution in [0.4, 0.5) is 28.4 Å². The molecule has 0 radical (unpaired) electrons. The van der Waals surface area contributed by atoms with Crippen LogP contribution in [0.3, 0.4) is 0 Å². The summed E-state index contributed by atoms with van der Waals surface area (Å²) in [5, 5.41) is 35.3. The largest absolute Gasteiger partial charge is 0.342 e. The average molecular weight is 306 g/mol. The lowest BCUT2D eigenvalue weighted by molar-refractivity contribution is -0.401. The molecule has 0 amide bonds. The molecule has 0 bridgehead atoms. The minimum atomic E-state index is -0.952. The molecular weight excluding hydrogens is 300 g/mol. The maximum absolute atomic E-state index is 11.1. The molecule has 112 valence electrons. The second-order valence-corrected chi connectivity index (χ2v) is 3.88. The summed E-state index contributed by atoms with van der Waals surface area (Å²) in [5.74, 6) is 0. The predicted octanol–water partition coefficient (Wildman–Crippen LogP) is 1.94. The first-order valence-corrected chi connectivity index (χ1v) is 5.53. The Morgan fingerprint density at radius 1 is 0.864 bits per heavy atom. The van der Waals surface area contributed by atoms with Crippen LogP contribution in [0.25, 0.3) is 0 Å². The molecular formula is C10H6N6O6. The van der Waals surface area contributed by atoms with Gasteiger partial charge in [-0.05, 0) is 0 Å². The minimum absolute atomic E-state index is 0.155. The van der Waals surface area contributed by atoms with Gasteiger partial charge in [-0.2, -0.15) is 0 Å². The van der Waals surface area contributed by atoms with Crippen LogP contribution in [0.5, 0.6) is 0 Å². The second-order valence-electron chi connectivity index (χ2n) is 3.88. The highest BCUT2D eigenvalue weighted by Gasteiger charge is 2.30. The summed E-state index contributed by atoms with van der Waals surface area (Å²) in [7, 11) is 0. The van der Waals surface area contributed by atoms with Gasteiger partial charge in [0.15, 0.2) is 5.69 Å². The number of hydrogen-bond acceptors (Lipinski definition) is 9. The van der Waals surface area contributed by atoms with Gasteiger partial charge in [-0.1, -0.05) is 0 Å². The zero-order valence-electron chi connectivity index (χ0n) is 10.6. The van der Waals surface area contributed by atoms with Gasteiger partial charge in [0.2, 0.25) is 0 Å². The molecule has 0 spiro atoms. The fourth-order valence-electron chi connectivity index (χ4n) is 1.63. The molecule has 0 aliphatic heterocycles. The number of hydrogen-bond donors (Lipinski definition) is 1. The van der Waals surface area contributed by atoms with Gasteiger partial charge >= 0.3 is 11.4 Å². The SMILES string of the molecule is O=[N+]([O-])c1cc([N+](=O)[O-])c(Nc2cncnc2)c([N+](=O)[O-])c1. The van der Waals surface area contributed by atoms with E-state index >= 15 is 0 Å². The van der Waals surface area contributed by atoms with E-state index in [0.717, 1.165) is 0 Å². The van der Waals surface area contributed by atoms with Crippen molar-refractivity contribution in [2.75, 3.05) is 5.32 Å². The van der Waals surface area contributed by atoms with Crippen molar-refractivity contribution in [3.8, 4) is 0 Å². The Kier molecular flexibility index (Phi) is 3.84. The topological polar surface area (TPSA) is 167 Å². The number of nitro groups is 3. The van der Waals surface area contributed by atoms with Crippen LogP contribution in [0.15, 0.2) is 30.9 Å². The lowest BCUT2D eigenvalue weighted by atomic mass is 10.2. The number of nitrogens with zero attached hydrogens (tertiary/aromatic N) is 5. The summed E-state index contributed by atoms with van der Waals surface area (Å²) >= 11 is 0. The van der Waals surface area contributed by atoms with Crippen LogP contribution in [-0.4, -0.2) is 24.7 Å². The molecule has 0 saturated heterocycles.